The molecule has 0 saturated heterocycles. The van der Waals surface area contributed by atoms with Crippen LogP contribution in [0.3, 0.4) is 0 Å². The number of amides is 2. The Morgan fingerprint density at radius 2 is 1.34 bits per heavy atom. The molecular weight excluding hydrogens is 476 g/mol. The highest BCUT2D eigenvalue weighted by molar-refractivity contribution is 8.00. The van der Waals surface area contributed by atoms with Gasteiger partial charge in [-0.3, -0.25) is 14.5 Å². The monoisotopic (exact) mass is 500 g/mol. The van der Waals surface area contributed by atoms with Gasteiger partial charge in [0.15, 0.2) is 0 Å². The van der Waals surface area contributed by atoms with Crippen molar-refractivity contribution in [3.63, 3.8) is 0 Å². The van der Waals surface area contributed by atoms with E-state index in [2.05, 4.69) is 5.32 Å². The number of carbonyl (C=O) groups excluding carboxylic acids is 2. The normalized spacial score (nSPS) is 11.5. The van der Waals surface area contributed by atoms with E-state index >= 15 is 0 Å². The highest BCUT2D eigenvalue weighted by atomic mass is 35.5. The number of benzene rings is 4. The number of hydrogen-bond donors (Lipinski definition) is 1. The van der Waals surface area contributed by atoms with Crippen molar-refractivity contribution in [3.05, 3.63) is 120 Å². The van der Waals surface area contributed by atoms with Crippen molar-refractivity contribution >= 4 is 52.2 Å². The molecule has 0 spiro atoms. The molecule has 1 N–H and O–H groups in total. The van der Waals surface area contributed by atoms with Crippen LogP contribution in [0.15, 0.2) is 114 Å². The van der Waals surface area contributed by atoms with Crippen molar-refractivity contribution < 1.29 is 9.59 Å². The number of thioether (sulfide) groups is 1. The van der Waals surface area contributed by atoms with E-state index < -0.39 is 0 Å². The lowest BCUT2D eigenvalue weighted by Gasteiger charge is -2.26. The fraction of sp³-hybridized carbons (Fsp3) is 0.103. The molecule has 176 valence electrons. The minimum atomic E-state index is -0.319. The van der Waals surface area contributed by atoms with Crippen LogP contribution in [0.5, 0.6) is 0 Å². The molecule has 4 rings (SSSR count). The van der Waals surface area contributed by atoms with Crippen molar-refractivity contribution in [2.24, 2.45) is 0 Å². The summed E-state index contributed by atoms with van der Waals surface area (Å²) in [5, 5.41) is 3.24. The first-order valence-corrected chi connectivity index (χ1v) is 12.5. The van der Waals surface area contributed by atoms with E-state index in [-0.39, 0.29) is 23.5 Å². The standard InChI is InChI=1S/C29H25ClN2O2S/c1-21(29(34)32(25-8-4-2-5-9-25)26-10-6-3-7-11-26)35-27-18-16-24(17-19-27)31-28(33)20-22-12-14-23(30)15-13-22/h2-19,21H,20H2,1H3,(H,31,33). The van der Waals surface area contributed by atoms with Gasteiger partial charge >= 0.3 is 0 Å². The van der Waals surface area contributed by atoms with Crippen LogP contribution in [0.2, 0.25) is 5.02 Å². The molecule has 0 aliphatic rings. The fourth-order valence-electron chi connectivity index (χ4n) is 3.60. The number of nitrogens with zero attached hydrogens (tertiary/aromatic N) is 1. The molecule has 1 atom stereocenters. The maximum absolute atomic E-state index is 13.5. The molecule has 4 aromatic carbocycles. The first-order chi connectivity index (χ1) is 17.0. The van der Waals surface area contributed by atoms with Crippen molar-refractivity contribution in [2.75, 3.05) is 10.2 Å². The van der Waals surface area contributed by atoms with Gasteiger partial charge in [0.25, 0.3) is 0 Å². The highest BCUT2D eigenvalue weighted by Gasteiger charge is 2.24. The summed E-state index contributed by atoms with van der Waals surface area (Å²) >= 11 is 7.39. The van der Waals surface area contributed by atoms with Crippen molar-refractivity contribution in [1.82, 2.24) is 0 Å². The van der Waals surface area contributed by atoms with Crippen molar-refractivity contribution in [2.45, 2.75) is 23.5 Å². The molecule has 6 heteroatoms. The number of nitrogens with one attached hydrogen (secondary N) is 1. The molecule has 35 heavy (non-hydrogen) atoms. The molecule has 0 aliphatic heterocycles. The molecular formula is C29H25ClN2O2S. The van der Waals surface area contributed by atoms with E-state index in [4.69, 9.17) is 11.6 Å². The lowest BCUT2D eigenvalue weighted by molar-refractivity contribution is -0.117. The largest absolute Gasteiger partial charge is 0.326 e. The van der Waals surface area contributed by atoms with Gasteiger partial charge in [-0.25, -0.2) is 0 Å². The zero-order valence-corrected chi connectivity index (χ0v) is 20.8. The van der Waals surface area contributed by atoms with Gasteiger partial charge in [0.1, 0.15) is 0 Å². The first-order valence-electron chi connectivity index (χ1n) is 11.2. The van der Waals surface area contributed by atoms with Crippen LogP contribution in [-0.4, -0.2) is 17.1 Å². The number of hydrogen-bond acceptors (Lipinski definition) is 3. The molecule has 0 heterocycles. The fourth-order valence-corrected chi connectivity index (χ4v) is 4.64. The first kappa shape index (κ1) is 24.6. The van der Waals surface area contributed by atoms with Crippen molar-refractivity contribution in [1.29, 1.82) is 0 Å². The summed E-state index contributed by atoms with van der Waals surface area (Å²) in [6, 6.07) is 34.1. The van der Waals surface area contributed by atoms with E-state index in [1.807, 2.05) is 104 Å². The minimum Gasteiger partial charge on any atom is -0.326 e. The summed E-state index contributed by atoms with van der Waals surface area (Å²) in [5.41, 5.74) is 3.26. The van der Waals surface area contributed by atoms with Gasteiger partial charge in [-0.15, -0.1) is 11.8 Å². The SMILES string of the molecule is CC(Sc1ccc(NC(=O)Cc2ccc(Cl)cc2)cc1)C(=O)N(c1ccccc1)c1ccccc1. The average molecular weight is 501 g/mol. The van der Waals surface area contributed by atoms with E-state index in [0.717, 1.165) is 21.8 Å². The summed E-state index contributed by atoms with van der Waals surface area (Å²) in [7, 11) is 0. The summed E-state index contributed by atoms with van der Waals surface area (Å²) < 4.78 is 0. The van der Waals surface area contributed by atoms with Gasteiger partial charge in [-0.2, -0.15) is 0 Å². The quantitative estimate of drug-likeness (QED) is 0.257. The molecule has 0 aliphatic carbocycles. The number of halogens is 1. The molecule has 0 bridgehead atoms. The van der Waals surface area contributed by atoms with Crippen LogP contribution in [0, 0.1) is 0 Å². The van der Waals surface area contributed by atoms with E-state index in [0.29, 0.717) is 10.7 Å². The Kier molecular flexibility index (Phi) is 8.24. The Morgan fingerprint density at radius 1 is 0.800 bits per heavy atom. The van der Waals surface area contributed by atoms with Gasteiger partial charge in [0.05, 0.1) is 11.7 Å². The van der Waals surface area contributed by atoms with Crippen LogP contribution in [-0.2, 0) is 16.0 Å². The summed E-state index contributed by atoms with van der Waals surface area (Å²) in [4.78, 5) is 28.6. The summed E-state index contributed by atoms with van der Waals surface area (Å²) in [6.45, 7) is 1.91. The Hall–Kier alpha value is -3.54. The van der Waals surface area contributed by atoms with Crippen molar-refractivity contribution in [3.8, 4) is 0 Å². The van der Waals surface area contributed by atoms with Gasteiger partial charge in [0, 0.05) is 27.0 Å². The Labute approximate surface area is 214 Å². The van der Waals surface area contributed by atoms with Crippen LogP contribution in [0.1, 0.15) is 12.5 Å². The Balaban J connectivity index is 1.40. The Bertz CT molecular complexity index is 1220. The zero-order chi connectivity index (χ0) is 24.6. The predicted octanol–water partition coefficient (Wildman–Crippen LogP) is 7.37. The molecule has 4 aromatic rings. The molecule has 4 nitrogen and oxygen atoms in total. The van der Waals surface area contributed by atoms with E-state index in [1.165, 1.54) is 11.8 Å². The number of anilines is 3. The zero-order valence-electron chi connectivity index (χ0n) is 19.2. The van der Waals surface area contributed by atoms with E-state index in [1.54, 1.807) is 17.0 Å². The second-order valence-corrected chi connectivity index (χ2v) is 9.83. The third-order valence-corrected chi connectivity index (χ3v) is 6.68. The van der Waals surface area contributed by atoms with Crippen LogP contribution in [0.4, 0.5) is 17.1 Å². The lowest BCUT2D eigenvalue weighted by Crippen LogP contribution is -2.32. The summed E-state index contributed by atoms with van der Waals surface area (Å²) in [6.07, 6.45) is 0.272. The van der Waals surface area contributed by atoms with Crippen LogP contribution >= 0.6 is 23.4 Å². The maximum atomic E-state index is 13.5. The van der Waals surface area contributed by atoms with Gasteiger partial charge < -0.3 is 5.32 Å². The molecule has 2 amide bonds. The van der Waals surface area contributed by atoms with Crippen LogP contribution in [0.25, 0.3) is 0 Å². The average Bonchev–Trinajstić information content (AvgIpc) is 2.88. The lowest BCUT2D eigenvalue weighted by atomic mass is 10.1. The van der Waals surface area contributed by atoms with E-state index in [9.17, 15) is 9.59 Å². The minimum absolute atomic E-state index is 0.00672. The summed E-state index contributed by atoms with van der Waals surface area (Å²) in [5.74, 6) is -0.106. The smallest absolute Gasteiger partial charge is 0.244 e. The molecule has 1 unspecified atom stereocenters. The number of para-hydroxylation sites is 2. The second-order valence-electron chi connectivity index (χ2n) is 7.98. The molecule has 0 radical (unpaired) electrons. The molecule has 0 saturated carbocycles. The molecule has 0 fully saturated rings. The topological polar surface area (TPSA) is 49.4 Å². The number of rotatable bonds is 8. The van der Waals surface area contributed by atoms with Gasteiger partial charge in [-0.1, -0.05) is 60.1 Å². The van der Waals surface area contributed by atoms with Gasteiger partial charge in [-0.05, 0) is 73.2 Å². The molecule has 0 aromatic heterocycles. The Morgan fingerprint density at radius 3 is 1.89 bits per heavy atom. The highest BCUT2D eigenvalue weighted by Crippen LogP contribution is 2.31. The third-order valence-electron chi connectivity index (χ3n) is 5.33. The predicted molar refractivity (Wildman–Crippen MR) is 146 cm³/mol. The number of carbonyl (C=O) groups is 2. The van der Waals surface area contributed by atoms with Gasteiger partial charge in [0.2, 0.25) is 11.8 Å². The van der Waals surface area contributed by atoms with Crippen LogP contribution < -0.4 is 10.2 Å². The third kappa shape index (κ3) is 6.75. The maximum Gasteiger partial charge on any atom is 0.244 e. The second kappa shape index (κ2) is 11.7.